The normalized spacial score (nSPS) is 10.9. The summed E-state index contributed by atoms with van der Waals surface area (Å²) in [6, 6.07) is 31.8. The lowest BCUT2D eigenvalue weighted by Gasteiger charge is -2.23. The largest absolute Gasteiger partial charge is 0.451 e. The lowest BCUT2D eigenvalue weighted by atomic mass is 9.99. The number of amides is 1. The first-order chi connectivity index (χ1) is 15.8. The highest BCUT2D eigenvalue weighted by Gasteiger charge is 2.22. The monoisotopic (exact) mass is 418 g/mol. The van der Waals surface area contributed by atoms with E-state index in [1.165, 1.54) is 0 Å². The Kier molecular flexibility index (Phi) is 5.50. The lowest BCUT2D eigenvalue weighted by molar-refractivity contribution is 0.0700. The number of hydrogen-bond donors (Lipinski definition) is 0. The van der Waals surface area contributed by atoms with Crippen LogP contribution in [-0.4, -0.2) is 15.8 Å². The second-order valence-electron chi connectivity index (χ2n) is 7.69. The van der Waals surface area contributed by atoms with E-state index in [9.17, 15) is 4.79 Å². The molecule has 0 fully saturated rings. The molecule has 2 heterocycles. The van der Waals surface area contributed by atoms with Crippen LogP contribution in [0, 0.1) is 0 Å². The van der Waals surface area contributed by atoms with Crippen LogP contribution in [0.4, 0.5) is 0 Å². The zero-order chi connectivity index (χ0) is 21.8. The van der Waals surface area contributed by atoms with E-state index in [2.05, 4.69) is 29.2 Å². The van der Waals surface area contributed by atoms with Crippen LogP contribution in [0.2, 0.25) is 0 Å². The SMILES string of the molecule is O=C(c1cc2ccccc2o1)N(Cc1ccncc1)Cc1ccccc1-c1ccccc1. The van der Waals surface area contributed by atoms with Crippen molar-refractivity contribution in [3.63, 3.8) is 0 Å². The third kappa shape index (κ3) is 4.16. The Hall–Kier alpha value is -4.18. The number of pyridine rings is 1. The van der Waals surface area contributed by atoms with Crippen LogP contribution in [0.3, 0.4) is 0 Å². The number of furan rings is 1. The number of fused-ring (bicyclic) bond motifs is 1. The van der Waals surface area contributed by atoms with Gasteiger partial charge in [0.1, 0.15) is 5.58 Å². The summed E-state index contributed by atoms with van der Waals surface area (Å²) in [5.74, 6) is 0.207. The summed E-state index contributed by atoms with van der Waals surface area (Å²) in [5, 5.41) is 0.921. The van der Waals surface area contributed by atoms with Crippen molar-refractivity contribution in [1.82, 2.24) is 9.88 Å². The molecule has 4 nitrogen and oxygen atoms in total. The molecule has 0 bridgehead atoms. The molecule has 4 heteroatoms. The Morgan fingerprint density at radius 3 is 2.31 bits per heavy atom. The quantitative estimate of drug-likeness (QED) is 0.323. The number of carbonyl (C=O) groups excluding carboxylic acids is 1. The molecule has 2 aromatic heterocycles. The minimum Gasteiger partial charge on any atom is -0.451 e. The molecule has 0 aliphatic carbocycles. The number of rotatable bonds is 6. The number of para-hydroxylation sites is 1. The van der Waals surface area contributed by atoms with Crippen molar-refractivity contribution in [3.8, 4) is 11.1 Å². The average molecular weight is 418 g/mol. The van der Waals surface area contributed by atoms with Crippen molar-refractivity contribution in [2.75, 3.05) is 0 Å². The molecule has 0 saturated heterocycles. The molecular weight excluding hydrogens is 396 g/mol. The minimum atomic E-state index is -0.138. The predicted molar refractivity (Wildman–Crippen MR) is 126 cm³/mol. The molecule has 0 atom stereocenters. The van der Waals surface area contributed by atoms with Gasteiger partial charge in [0.25, 0.3) is 5.91 Å². The zero-order valence-corrected chi connectivity index (χ0v) is 17.5. The van der Waals surface area contributed by atoms with Gasteiger partial charge in [-0.1, -0.05) is 72.8 Å². The van der Waals surface area contributed by atoms with Gasteiger partial charge < -0.3 is 9.32 Å². The van der Waals surface area contributed by atoms with Crippen LogP contribution >= 0.6 is 0 Å². The van der Waals surface area contributed by atoms with Gasteiger partial charge in [-0.15, -0.1) is 0 Å². The second kappa shape index (κ2) is 8.90. The minimum absolute atomic E-state index is 0.138. The van der Waals surface area contributed by atoms with Crippen LogP contribution in [0.15, 0.2) is 114 Å². The lowest BCUT2D eigenvalue weighted by Crippen LogP contribution is -2.30. The molecule has 156 valence electrons. The maximum absolute atomic E-state index is 13.6. The molecule has 32 heavy (non-hydrogen) atoms. The smallest absolute Gasteiger partial charge is 0.290 e. The highest BCUT2D eigenvalue weighted by molar-refractivity contribution is 5.96. The molecule has 0 saturated carbocycles. The van der Waals surface area contributed by atoms with E-state index in [0.717, 1.165) is 27.6 Å². The van der Waals surface area contributed by atoms with E-state index in [0.29, 0.717) is 24.4 Å². The number of carbonyl (C=O) groups is 1. The van der Waals surface area contributed by atoms with Gasteiger partial charge in [-0.05, 0) is 46.5 Å². The summed E-state index contributed by atoms with van der Waals surface area (Å²) >= 11 is 0. The predicted octanol–water partition coefficient (Wildman–Crippen LogP) is 6.34. The van der Waals surface area contributed by atoms with E-state index in [4.69, 9.17) is 4.42 Å². The van der Waals surface area contributed by atoms with Crippen LogP contribution in [0.25, 0.3) is 22.1 Å². The molecule has 1 amide bonds. The molecule has 0 aliphatic heterocycles. The van der Waals surface area contributed by atoms with Crippen molar-refractivity contribution in [3.05, 3.63) is 126 Å². The van der Waals surface area contributed by atoms with Crippen molar-refractivity contribution in [2.45, 2.75) is 13.1 Å². The van der Waals surface area contributed by atoms with E-state index < -0.39 is 0 Å². The van der Waals surface area contributed by atoms with Gasteiger partial charge in [0, 0.05) is 30.9 Å². The summed E-state index contributed by atoms with van der Waals surface area (Å²) in [7, 11) is 0. The summed E-state index contributed by atoms with van der Waals surface area (Å²) in [5.41, 5.74) is 5.05. The summed E-state index contributed by atoms with van der Waals surface area (Å²) in [6.07, 6.45) is 3.49. The summed E-state index contributed by atoms with van der Waals surface area (Å²) < 4.78 is 5.90. The molecular formula is C28H22N2O2. The van der Waals surface area contributed by atoms with Crippen molar-refractivity contribution in [2.24, 2.45) is 0 Å². The molecule has 5 rings (SSSR count). The van der Waals surface area contributed by atoms with Gasteiger partial charge in [0.05, 0.1) is 0 Å². The van der Waals surface area contributed by atoms with Gasteiger partial charge in [-0.3, -0.25) is 9.78 Å². The Balaban J connectivity index is 1.52. The third-order valence-electron chi connectivity index (χ3n) is 5.51. The van der Waals surface area contributed by atoms with Crippen molar-refractivity contribution >= 4 is 16.9 Å². The fourth-order valence-corrected chi connectivity index (χ4v) is 3.91. The average Bonchev–Trinajstić information content (AvgIpc) is 3.29. The number of hydrogen-bond acceptors (Lipinski definition) is 3. The van der Waals surface area contributed by atoms with Crippen molar-refractivity contribution < 1.29 is 9.21 Å². The van der Waals surface area contributed by atoms with Gasteiger partial charge in [0.2, 0.25) is 0 Å². The van der Waals surface area contributed by atoms with E-state index in [1.54, 1.807) is 12.4 Å². The fraction of sp³-hybridized carbons (Fsp3) is 0.0714. The number of nitrogens with zero attached hydrogens (tertiary/aromatic N) is 2. The van der Waals surface area contributed by atoms with E-state index in [-0.39, 0.29) is 5.91 Å². The Bertz CT molecular complexity index is 1310. The molecule has 0 aliphatic rings. The van der Waals surface area contributed by atoms with E-state index in [1.807, 2.05) is 77.7 Å². The first kappa shape index (κ1) is 19.8. The van der Waals surface area contributed by atoms with E-state index >= 15 is 0 Å². The summed E-state index contributed by atoms with van der Waals surface area (Å²) in [4.78, 5) is 19.5. The maximum atomic E-state index is 13.6. The zero-order valence-electron chi connectivity index (χ0n) is 17.5. The maximum Gasteiger partial charge on any atom is 0.290 e. The second-order valence-corrected chi connectivity index (χ2v) is 7.69. The van der Waals surface area contributed by atoms with Crippen LogP contribution in [-0.2, 0) is 13.1 Å². The van der Waals surface area contributed by atoms with Gasteiger partial charge in [-0.25, -0.2) is 0 Å². The highest BCUT2D eigenvalue weighted by Crippen LogP contribution is 2.27. The Labute approximate surface area is 186 Å². The molecule has 0 spiro atoms. The topological polar surface area (TPSA) is 46.3 Å². The standard InChI is InChI=1S/C28H22N2O2/c31-28(27-18-23-10-5-7-13-26(23)32-27)30(19-21-14-16-29-17-15-21)20-24-11-4-6-12-25(24)22-8-2-1-3-9-22/h1-18H,19-20H2. The van der Waals surface area contributed by atoms with Crippen LogP contribution in [0.5, 0.6) is 0 Å². The molecule has 5 aromatic rings. The molecule has 0 N–H and O–H groups in total. The van der Waals surface area contributed by atoms with Gasteiger partial charge in [0.15, 0.2) is 5.76 Å². The Morgan fingerprint density at radius 2 is 1.50 bits per heavy atom. The van der Waals surface area contributed by atoms with Crippen molar-refractivity contribution in [1.29, 1.82) is 0 Å². The first-order valence-electron chi connectivity index (χ1n) is 10.6. The van der Waals surface area contributed by atoms with Crippen LogP contribution < -0.4 is 0 Å². The Morgan fingerprint density at radius 1 is 0.781 bits per heavy atom. The molecule has 0 unspecified atom stereocenters. The number of benzene rings is 3. The molecule has 3 aromatic carbocycles. The first-order valence-corrected chi connectivity index (χ1v) is 10.6. The number of aromatic nitrogens is 1. The van der Waals surface area contributed by atoms with Crippen LogP contribution in [0.1, 0.15) is 21.7 Å². The summed E-state index contributed by atoms with van der Waals surface area (Å²) in [6.45, 7) is 0.921. The highest BCUT2D eigenvalue weighted by atomic mass is 16.3. The van der Waals surface area contributed by atoms with Gasteiger partial charge in [-0.2, -0.15) is 0 Å². The third-order valence-corrected chi connectivity index (χ3v) is 5.51. The molecule has 0 radical (unpaired) electrons. The van der Waals surface area contributed by atoms with Gasteiger partial charge >= 0.3 is 0 Å². The fourth-order valence-electron chi connectivity index (χ4n) is 3.91.